The molecule has 0 spiro atoms. The Morgan fingerprint density at radius 1 is 1.50 bits per heavy atom. The fourth-order valence-corrected chi connectivity index (χ4v) is 2.46. The molecule has 1 aliphatic carbocycles. The molecule has 0 saturated heterocycles. The number of halogens is 1. The van der Waals surface area contributed by atoms with Crippen molar-refractivity contribution in [2.75, 3.05) is 7.05 Å². The van der Waals surface area contributed by atoms with Crippen LogP contribution in [0.4, 0.5) is 0 Å². The van der Waals surface area contributed by atoms with Crippen LogP contribution in [0, 0.1) is 5.92 Å². The van der Waals surface area contributed by atoms with Crippen molar-refractivity contribution in [2.45, 2.75) is 13.0 Å². The maximum atomic E-state index is 4.30. The van der Waals surface area contributed by atoms with Crippen LogP contribution >= 0.6 is 22.6 Å². The van der Waals surface area contributed by atoms with Crippen molar-refractivity contribution in [1.29, 1.82) is 0 Å². The lowest BCUT2D eigenvalue weighted by molar-refractivity contribution is 0.294. The minimum atomic E-state index is 0.474. The molecule has 2 atom stereocenters. The van der Waals surface area contributed by atoms with Crippen LogP contribution in [0.2, 0.25) is 0 Å². The number of hydrogen-bond acceptors (Lipinski definition) is 2. The van der Waals surface area contributed by atoms with E-state index in [1.165, 1.54) is 9.15 Å². The Kier molecular flexibility index (Phi) is 1.98. The van der Waals surface area contributed by atoms with E-state index in [0.717, 1.165) is 0 Å². The lowest BCUT2D eigenvalue weighted by Crippen LogP contribution is -2.32. The number of fused-ring (bicyclic) bond motifs is 1. The number of hydrazone groups is 1. The molecule has 0 fully saturated rings. The number of allylic oxidation sites excluding steroid dienone is 2. The first-order chi connectivity index (χ1) is 5.70. The van der Waals surface area contributed by atoms with Gasteiger partial charge in [0.05, 0.1) is 12.0 Å². The van der Waals surface area contributed by atoms with Gasteiger partial charge in [0.25, 0.3) is 0 Å². The van der Waals surface area contributed by atoms with Gasteiger partial charge in [-0.05, 0) is 35.1 Å². The normalized spacial score (nSPS) is 33.1. The summed E-state index contributed by atoms with van der Waals surface area (Å²) >= 11 is 2.39. The van der Waals surface area contributed by atoms with Gasteiger partial charge in [0.2, 0.25) is 0 Å². The minimum Gasteiger partial charge on any atom is -0.292 e. The molecule has 0 aromatic carbocycles. The third-order valence-electron chi connectivity index (χ3n) is 2.44. The Morgan fingerprint density at radius 3 is 2.92 bits per heavy atom. The monoisotopic (exact) mass is 274 g/mol. The molecule has 64 valence electrons. The smallest absolute Gasteiger partial charge is 0.0800 e. The topological polar surface area (TPSA) is 15.6 Å². The molecule has 2 aliphatic rings. The number of hydrogen-bond donors (Lipinski definition) is 0. The Labute approximate surface area is 86.2 Å². The summed E-state index contributed by atoms with van der Waals surface area (Å²) < 4.78 is 1.39. The van der Waals surface area contributed by atoms with Gasteiger partial charge in [-0.15, -0.1) is 0 Å². The summed E-state index contributed by atoms with van der Waals surface area (Å²) in [5, 5.41) is 6.35. The van der Waals surface area contributed by atoms with Crippen LogP contribution < -0.4 is 0 Å². The fraction of sp³-hybridized carbons (Fsp3) is 0.444. The second kappa shape index (κ2) is 2.87. The Morgan fingerprint density at radius 2 is 2.25 bits per heavy atom. The third kappa shape index (κ3) is 1.11. The van der Waals surface area contributed by atoms with Crippen molar-refractivity contribution in [2.24, 2.45) is 11.0 Å². The van der Waals surface area contributed by atoms with E-state index in [-0.39, 0.29) is 0 Å². The van der Waals surface area contributed by atoms with E-state index in [1.807, 2.05) is 18.3 Å². The van der Waals surface area contributed by atoms with Gasteiger partial charge in [0, 0.05) is 16.8 Å². The second-order valence-corrected chi connectivity index (χ2v) is 4.52. The lowest BCUT2D eigenvalue weighted by Gasteiger charge is -2.27. The van der Waals surface area contributed by atoms with E-state index in [1.54, 1.807) is 0 Å². The van der Waals surface area contributed by atoms with Crippen LogP contribution in [0.3, 0.4) is 0 Å². The molecule has 2 unspecified atom stereocenters. The average Bonchev–Trinajstić information content (AvgIpc) is 2.42. The van der Waals surface area contributed by atoms with Crippen LogP contribution in [0.1, 0.15) is 6.92 Å². The van der Waals surface area contributed by atoms with Crippen molar-refractivity contribution in [3.8, 4) is 0 Å². The standard InChI is InChI=1S/C9H11IN2/c1-6-3-4-8(10)7-5-11-12(2)9(6)7/h3-5,7,9H,1-2H3. The molecule has 0 amide bonds. The maximum Gasteiger partial charge on any atom is 0.0800 e. The Balaban J connectivity index is 2.37. The first-order valence-corrected chi connectivity index (χ1v) is 5.09. The molecular formula is C9H11IN2. The van der Waals surface area contributed by atoms with Gasteiger partial charge in [0.1, 0.15) is 0 Å². The average molecular weight is 274 g/mol. The molecule has 0 bridgehead atoms. The zero-order valence-corrected chi connectivity index (χ0v) is 9.32. The largest absolute Gasteiger partial charge is 0.292 e. The SMILES string of the molecule is CC1=CC=C(I)C2C=NN(C)C12. The van der Waals surface area contributed by atoms with Crippen LogP contribution in [0.15, 0.2) is 26.4 Å². The molecule has 0 N–H and O–H groups in total. The first-order valence-electron chi connectivity index (χ1n) is 4.01. The first kappa shape index (κ1) is 8.29. The molecule has 1 heterocycles. The third-order valence-corrected chi connectivity index (χ3v) is 3.52. The summed E-state index contributed by atoms with van der Waals surface area (Å²) in [4.78, 5) is 0. The van der Waals surface area contributed by atoms with E-state index in [4.69, 9.17) is 0 Å². The van der Waals surface area contributed by atoms with Crippen molar-refractivity contribution in [3.63, 3.8) is 0 Å². The van der Waals surface area contributed by atoms with E-state index >= 15 is 0 Å². The summed E-state index contributed by atoms with van der Waals surface area (Å²) in [5.41, 5.74) is 1.40. The maximum absolute atomic E-state index is 4.30. The van der Waals surface area contributed by atoms with Gasteiger partial charge < -0.3 is 0 Å². The van der Waals surface area contributed by atoms with Gasteiger partial charge in [-0.25, -0.2) is 0 Å². The van der Waals surface area contributed by atoms with Gasteiger partial charge in [-0.1, -0.05) is 12.2 Å². The molecule has 2 nitrogen and oxygen atoms in total. The van der Waals surface area contributed by atoms with Crippen LogP contribution in [0.5, 0.6) is 0 Å². The van der Waals surface area contributed by atoms with Gasteiger partial charge in [-0.3, -0.25) is 5.01 Å². The Hall–Kier alpha value is -0.320. The minimum absolute atomic E-state index is 0.474. The number of nitrogens with zero attached hydrogens (tertiary/aromatic N) is 2. The highest BCUT2D eigenvalue weighted by molar-refractivity contribution is 14.1. The number of rotatable bonds is 0. The molecule has 0 aromatic heterocycles. The van der Waals surface area contributed by atoms with Crippen LogP contribution in [-0.2, 0) is 0 Å². The van der Waals surface area contributed by atoms with Crippen molar-refractivity contribution >= 4 is 28.8 Å². The zero-order chi connectivity index (χ0) is 8.72. The highest BCUT2D eigenvalue weighted by Crippen LogP contribution is 2.34. The van der Waals surface area contributed by atoms with E-state index < -0.39 is 0 Å². The van der Waals surface area contributed by atoms with Gasteiger partial charge >= 0.3 is 0 Å². The Bertz CT molecular complexity index is 291. The molecule has 1 aliphatic heterocycles. The van der Waals surface area contributed by atoms with Crippen molar-refractivity contribution in [3.05, 3.63) is 21.3 Å². The molecule has 12 heavy (non-hydrogen) atoms. The molecule has 3 heteroatoms. The van der Waals surface area contributed by atoms with Crippen LogP contribution in [0.25, 0.3) is 0 Å². The van der Waals surface area contributed by atoms with E-state index in [2.05, 4.69) is 46.8 Å². The quantitative estimate of drug-likeness (QED) is 0.618. The summed E-state index contributed by atoms with van der Waals surface area (Å²) in [6, 6.07) is 0.474. The lowest BCUT2D eigenvalue weighted by atomic mass is 9.91. The van der Waals surface area contributed by atoms with Crippen LogP contribution in [-0.4, -0.2) is 24.3 Å². The fourth-order valence-electron chi connectivity index (χ4n) is 1.78. The molecular weight excluding hydrogens is 263 g/mol. The highest BCUT2D eigenvalue weighted by atomic mass is 127. The van der Waals surface area contributed by atoms with Gasteiger partial charge in [-0.2, -0.15) is 5.10 Å². The summed E-state index contributed by atoms with van der Waals surface area (Å²) in [6.45, 7) is 2.17. The predicted molar refractivity (Wildman–Crippen MR) is 59.4 cm³/mol. The molecule has 0 saturated carbocycles. The molecule has 2 rings (SSSR count). The predicted octanol–water partition coefficient (Wildman–Crippen LogP) is 2.18. The zero-order valence-electron chi connectivity index (χ0n) is 7.16. The van der Waals surface area contributed by atoms with Crippen molar-refractivity contribution in [1.82, 2.24) is 5.01 Å². The van der Waals surface area contributed by atoms with E-state index in [9.17, 15) is 0 Å². The van der Waals surface area contributed by atoms with Crippen molar-refractivity contribution < 1.29 is 0 Å². The number of likely N-dealkylation sites (N-methyl/N-ethyl adjacent to an activating group) is 1. The highest BCUT2D eigenvalue weighted by Gasteiger charge is 2.33. The van der Waals surface area contributed by atoms with E-state index in [0.29, 0.717) is 12.0 Å². The molecule has 0 radical (unpaired) electrons. The molecule has 0 aromatic rings. The van der Waals surface area contributed by atoms with Gasteiger partial charge in [0.15, 0.2) is 0 Å². The summed E-state index contributed by atoms with van der Waals surface area (Å²) in [5.74, 6) is 0.501. The summed E-state index contributed by atoms with van der Waals surface area (Å²) in [6.07, 6.45) is 6.41. The second-order valence-electron chi connectivity index (χ2n) is 3.27. The summed E-state index contributed by atoms with van der Waals surface area (Å²) in [7, 11) is 2.04.